The number of carbonyl (C=O) groups is 2. The minimum Gasteiger partial charge on any atom is -0.408 e. The fourth-order valence-corrected chi connectivity index (χ4v) is 3.67. The first-order valence-corrected chi connectivity index (χ1v) is 9.55. The minimum atomic E-state index is -1.04. The zero-order valence-electron chi connectivity index (χ0n) is 16.0. The maximum absolute atomic E-state index is 15.4. The number of fused-ring (bicyclic) bond motifs is 1. The number of rotatable bonds is 4. The van der Waals surface area contributed by atoms with Gasteiger partial charge in [-0.1, -0.05) is 29.4 Å². The van der Waals surface area contributed by atoms with Crippen LogP contribution in [0.15, 0.2) is 56.2 Å². The van der Waals surface area contributed by atoms with Gasteiger partial charge in [-0.15, -0.1) is 0 Å². The third kappa shape index (κ3) is 3.31. The van der Waals surface area contributed by atoms with E-state index in [0.29, 0.717) is 5.89 Å². The molecule has 1 aliphatic rings. The molecule has 156 valence electrons. The van der Waals surface area contributed by atoms with Gasteiger partial charge in [0.05, 0.1) is 0 Å². The molecule has 10 heteroatoms. The van der Waals surface area contributed by atoms with Crippen molar-refractivity contribution in [2.45, 2.75) is 25.3 Å². The van der Waals surface area contributed by atoms with Crippen LogP contribution in [0.25, 0.3) is 22.6 Å². The lowest BCUT2D eigenvalue weighted by Gasteiger charge is -2.21. The van der Waals surface area contributed by atoms with Gasteiger partial charge in [0.2, 0.25) is 11.8 Å². The Bertz CT molecular complexity index is 1370. The van der Waals surface area contributed by atoms with Crippen LogP contribution >= 0.6 is 0 Å². The molecule has 31 heavy (non-hydrogen) atoms. The van der Waals surface area contributed by atoms with E-state index in [1.165, 1.54) is 12.1 Å². The van der Waals surface area contributed by atoms with Crippen LogP contribution in [0.1, 0.15) is 30.3 Å². The lowest BCUT2D eigenvalue weighted by atomic mass is 10.0. The number of halogens is 1. The van der Waals surface area contributed by atoms with Crippen LogP contribution in [-0.4, -0.2) is 26.5 Å². The van der Waals surface area contributed by atoms with Gasteiger partial charge in [0.15, 0.2) is 17.2 Å². The van der Waals surface area contributed by atoms with E-state index in [0.717, 1.165) is 10.1 Å². The first-order chi connectivity index (χ1) is 15.0. The van der Waals surface area contributed by atoms with E-state index < -0.39 is 29.4 Å². The Morgan fingerprint density at radius 2 is 1.94 bits per heavy atom. The number of hydrogen-bond acceptors (Lipinski definition) is 7. The highest BCUT2D eigenvalue weighted by molar-refractivity contribution is 6.00. The van der Waals surface area contributed by atoms with E-state index in [2.05, 4.69) is 15.5 Å². The van der Waals surface area contributed by atoms with Crippen LogP contribution in [0.4, 0.5) is 4.39 Å². The predicted molar refractivity (Wildman–Crippen MR) is 104 cm³/mol. The largest absolute Gasteiger partial charge is 0.420 e. The normalized spacial score (nSPS) is 16.6. The molecule has 1 fully saturated rings. The Morgan fingerprint density at radius 3 is 2.71 bits per heavy atom. The second kappa shape index (κ2) is 7.31. The predicted octanol–water partition coefficient (Wildman–Crippen LogP) is 2.35. The molecular weight excluding hydrogens is 407 g/mol. The molecule has 1 saturated heterocycles. The standard InChI is InChI=1S/C21H15FN4O5/c22-17-12(10-15-23-20(31-25-15)11-4-2-1-3-5-11)6-8-14-18(17)26(21(29)30-14)13-7-9-16(27)24-19(13)28/h1-6,8,13H,7,9-10H2,(H,24,27,28). The summed E-state index contributed by atoms with van der Waals surface area (Å²) in [6.07, 6.45) is 0.128. The van der Waals surface area contributed by atoms with Gasteiger partial charge in [0.1, 0.15) is 11.6 Å². The molecule has 9 nitrogen and oxygen atoms in total. The molecule has 0 aliphatic carbocycles. The van der Waals surface area contributed by atoms with Crippen molar-refractivity contribution >= 4 is 22.9 Å². The molecule has 1 atom stereocenters. The molecule has 0 radical (unpaired) electrons. The van der Waals surface area contributed by atoms with Crippen LogP contribution in [0, 0.1) is 5.82 Å². The molecule has 2 aromatic heterocycles. The number of amides is 2. The van der Waals surface area contributed by atoms with E-state index in [4.69, 9.17) is 8.94 Å². The Labute approximate surface area is 173 Å². The summed E-state index contributed by atoms with van der Waals surface area (Å²) in [5.41, 5.74) is 0.811. The number of nitrogens with one attached hydrogen (secondary N) is 1. The Kier molecular flexibility index (Phi) is 4.46. The second-order valence-corrected chi connectivity index (χ2v) is 7.15. The maximum atomic E-state index is 15.4. The van der Waals surface area contributed by atoms with Gasteiger partial charge in [-0.3, -0.25) is 19.5 Å². The van der Waals surface area contributed by atoms with Gasteiger partial charge < -0.3 is 8.94 Å². The first-order valence-electron chi connectivity index (χ1n) is 9.55. The monoisotopic (exact) mass is 422 g/mol. The molecule has 0 saturated carbocycles. The molecule has 1 N–H and O–H groups in total. The van der Waals surface area contributed by atoms with E-state index in [1.54, 1.807) is 0 Å². The highest BCUT2D eigenvalue weighted by Gasteiger charge is 2.32. The van der Waals surface area contributed by atoms with Crippen LogP contribution in [0.3, 0.4) is 0 Å². The Balaban J connectivity index is 1.52. The molecular formula is C21H15FN4O5. The topological polar surface area (TPSA) is 120 Å². The van der Waals surface area contributed by atoms with Gasteiger partial charge in [-0.05, 0) is 30.2 Å². The van der Waals surface area contributed by atoms with Crippen LogP contribution < -0.4 is 11.1 Å². The van der Waals surface area contributed by atoms with E-state index in [-0.39, 0.29) is 41.8 Å². The van der Waals surface area contributed by atoms with Gasteiger partial charge in [-0.25, -0.2) is 9.18 Å². The van der Waals surface area contributed by atoms with Gasteiger partial charge in [-0.2, -0.15) is 4.98 Å². The van der Waals surface area contributed by atoms with Crippen molar-refractivity contribution < 1.29 is 22.9 Å². The van der Waals surface area contributed by atoms with E-state index >= 15 is 4.39 Å². The summed E-state index contributed by atoms with van der Waals surface area (Å²) >= 11 is 0. The number of piperidine rings is 1. The van der Waals surface area contributed by atoms with E-state index in [1.807, 2.05) is 30.3 Å². The molecule has 2 amide bonds. The average Bonchev–Trinajstić information content (AvgIpc) is 3.35. The molecule has 5 rings (SSSR count). The number of hydrogen-bond donors (Lipinski definition) is 1. The van der Waals surface area contributed by atoms with Crippen molar-refractivity contribution in [1.82, 2.24) is 20.0 Å². The Morgan fingerprint density at radius 1 is 1.13 bits per heavy atom. The maximum Gasteiger partial charge on any atom is 0.420 e. The lowest BCUT2D eigenvalue weighted by Crippen LogP contribution is -2.43. The SMILES string of the molecule is O=C1CCC(n2c(=O)oc3ccc(Cc4noc(-c5ccccc5)n4)c(F)c32)C(=O)N1. The molecule has 3 heterocycles. The van der Waals surface area contributed by atoms with Crippen molar-refractivity contribution in [3.8, 4) is 11.5 Å². The highest BCUT2D eigenvalue weighted by atomic mass is 19.1. The molecule has 2 aromatic carbocycles. The third-order valence-electron chi connectivity index (χ3n) is 5.15. The summed E-state index contributed by atoms with van der Waals surface area (Å²) in [7, 11) is 0. The summed E-state index contributed by atoms with van der Waals surface area (Å²) < 4.78 is 26.8. The summed E-state index contributed by atoms with van der Waals surface area (Å²) in [6.45, 7) is 0. The van der Waals surface area contributed by atoms with Crippen LogP contribution in [0.5, 0.6) is 0 Å². The smallest absolute Gasteiger partial charge is 0.408 e. The van der Waals surface area contributed by atoms with Crippen molar-refractivity contribution in [3.05, 3.63) is 70.2 Å². The van der Waals surface area contributed by atoms with Crippen molar-refractivity contribution in [2.24, 2.45) is 0 Å². The Hall–Kier alpha value is -4.08. The van der Waals surface area contributed by atoms with Crippen molar-refractivity contribution in [3.63, 3.8) is 0 Å². The highest BCUT2D eigenvalue weighted by Crippen LogP contribution is 2.28. The quantitative estimate of drug-likeness (QED) is 0.501. The zero-order valence-corrected chi connectivity index (χ0v) is 16.0. The average molecular weight is 422 g/mol. The number of benzene rings is 2. The van der Waals surface area contributed by atoms with Crippen molar-refractivity contribution in [2.75, 3.05) is 0 Å². The molecule has 4 aromatic rings. The summed E-state index contributed by atoms with van der Waals surface area (Å²) in [4.78, 5) is 40.3. The minimum absolute atomic E-state index is 0.00677. The summed E-state index contributed by atoms with van der Waals surface area (Å²) in [6, 6.07) is 11.0. The number of carbonyl (C=O) groups excluding carboxylic acids is 2. The van der Waals surface area contributed by atoms with E-state index in [9.17, 15) is 14.4 Å². The lowest BCUT2D eigenvalue weighted by molar-refractivity contribution is -0.135. The fraction of sp³-hybridized carbons (Fsp3) is 0.190. The fourth-order valence-electron chi connectivity index (χ4n) is 3.67. The second-order valence-electron chi connectivity index (χ2n) is 7.15. The molecule has 1 unspecified atom stereocenters. The van der Waals surface area contributed by atoms with Crippen LogP contribution in [-0.2, 0) is 16.0 Å². The zero-order chi connectivity index (χ0) is 21.5. The van der Waals surface area contributed by atoms with Gasteiger partial charge in [0, 0.05) is 18.4 Å². The van der Waals surface area contributed by atoms with Gasteiger partial charge >= 0.3 is 5.76 Å². The number of nitrogens with zero attached hydrogens (tertiary/aromatic N) is 3. The number of imide groups is 1. The van der Waals surface area contributed by atoms with Gasteiger partial charge in [0.25, 0.3) is 5.89 Å². The number of aromatic nitrogens is 3. The van der Waals surface area contributed by atoms with Crippen molar-refractivity contribution in [1.29, 1.82) is 0 Å². The molecule has 0 bridgehead atoms. The van der Waals surface area contributed by atoms with Crippen LogP contribution in [0.2, 0.25) is 0 Å². The molecule has 1 aliphatic heterocycles. The summed E-state index contributed by atoms with van der Waals surface area (Å²) in [5.74, 6) is -2.13. The number of oxazole rings is 1. The summed E-state index contributed by atoms with van der Waals surface area (Å²) in [5, 5.41) is 6.07. The first kappa shape index (κ1) is 18.9. The third-order valence-corrected chi connectivity index (χ3v) is 5.15. The molecule has 0 spiro atoms.